The van der Waals surface area contributed by atoms with Gasteiger partial charge in [0, 0.05) is 6.92 Å². The first-order valence-electron chi connectivity index (χ1n) is 6.36. The summed E-state index contributed by atoms with van der Waals surface area (Å²) in [5, 5.41) is 0. The largest absolute Gasteiger partial charge is 0.528 e. The van der Waals surface area contributed by atoms with Crippen LogP contribution in [0.3, 0.4) is 0 Å². The van der Waals surface area contributed by atoms with Crippen LogP contribution < -0.4 is 0 Å². The lowest BCUT2D eigenvalue weighted by Crippen LogP contribution is -2.84. The summed E-state index contributed by atoms with van der Waals surface area (Å²) in [6.45, 7) is 21.4. The first-order valence-corrected chi connectivity index (χ1v) is 21.8. The Morgan fingerprint density at radius 1 is 0.706 bits per heavy atom. The molecule has 102 valence electrons. The molecule has 6 heteroatoms. The maximum absolute atomic E-state index is 11.7. The van der Waals surface area contributed by atoms with E-state index in [9.17, 15) is 4.79 Å². The van der Waals surface area contributed by atoms with Crippen molar-refractivity contribution in [3.8, 4) is 0 Å². The van der Waals surface area contributed by atoms with Crippen molar-refractivity contribution in [3.63, 3.8) is 0 Å². The SMILES string of the molecule is CC(=O)O[Si]([Si](C)(C)C)([Si](C)(C)C)[Si](C)(C)C. The van der Waals surface area contributed by atoms with Gasteiger partial charge in [-0.25, -0.2) is 0 Å². The van der Waals surface area contributed by atoms with Gasteiger partial charge in [0.1, 0.15) is 0 Å². The molecule has 0 aromatic heterocycles. The molecular formula is C11H30O2Si4. The van der Waals surface area contributed by atoms with Gasteiger partial charge in [-0.15, -0.1) is 0 Å². The Kier molecular flexibility index (Phi) is 4.88. The van der Waals surface area contributed by atoms with Crippen molar-refractivity contribution >= 4 is 35.6 Å². The van der Waals surface area contributed by atoms with Crippen molar-refractivity contribution in [3.05, 3.63) is 0 Å². The molecule has 2 nitrogen and oxygen atoms in total. The maximum Gasteiger partial charge on any atom is 0.288 e. The van der Waals surface area contributed by atoms with Crippen molar-refractivity contribution in [2.24, 2.45) is 0 Å². The van der Waals surface area contributed by atoms with Gasteiger partial charge in [-0.05, 0) is 0 Å². The molecule has 0 atom stereocenters. The zero-order valence-electron chi connectivity index (χ0n) is 13.3. The molecule has 0 aliphatic heterocycles. The van der Waals surface area contributed by atoms with Gasteiger partial charge in [0.25, 0.3) is 5.97 Å². The molecule has 0 bridgehead atoms. The van der Waals surface area contributed by atoms with Crippen LogP contribution in [-0.2, 0) is 9.22 Å². The van der Waals surface area contributed by atoms with Crippen LogP contribution in [0.2, 0.25) is 58.9 Å². The summed E-state index contributed by atoms with van der Waals surface area (Å²) in [5.74, 6) is -0.0380. The highest BCUT2D eigenvalue weighted by molar-refractivity contribution is 7.87. The molecule has 17 heavy (non-hydrogen) atoms. The van der Waals surface area contributed by atoms with Gasteiger partial charge in [0.2, 0.25) is 6.87 Å². The molecule has 0 amide bonds. The van der Waals surface area contributed by atoms with Gasteiger partial charge in [-0.1, -0.05) is 58.9 Å². The quantitative estimate of drug-likeness (QED) is 0.740. The Morgan fingerprint density at radius 3 is 1.00 bits per heavy atom. The van der Waals surface area contributed by atoms with Crippen molar-refractivity contribution in [2.45, 2.75) is 65.8 Å². The first kappa shape index (κ1) is 17.3. The Morgan fingerprint density at radius 2 is 0.941 bits per heavy atom. The second-order valence-corrected chi connectivity index (χ2v) is 47.4. The molecule has 0 heterocycles. The van der Waals surface area contributed by atoms with E-state index in [0.717, 1.165) is 0 Å². The van der Waals surface area contributed by atoms with Crippen molar-refractivity contribution in [2.75, 3.05) is 0 Å². The topological polar surface area (TPSA) is 26.3 Å². The van der Waals surface area contributed by atoms with E-state index in [0.29, 0.717) is 0 Å². The van der Waals surface area contributed by atoms with Gasteiger partial charge in [-0.3, -0.25) is 4.79 Å². The summed E-state index contributed by atoms with van der Waals surface area (Å²) in [7, 11) is -4.35. The number of carbonyl (C=O) groups is 1. The van der Waals surface area contributed by atoms with E-state index in [2.05, 4.69) is 58.9 Å². The molecule has 0 unspecified atom stereocenters. The number of rotatable bonds is 4. The molecule has 0 aromatic rings. The Balaban J connectivity index is 6.02. The third-order valence-corrected chi connectivity index (χ3v) is 70.8. The van der Waals surface area contributed by atoms with E-state index < -0.39 is 29.6 Å². The monoisotopic (exact) mass is 306 g/mol. The van der Waals surface area contributed by atoms with Crippen LogP contribution in [0, 0.1) is 0 Å². The minimum atomic E-state index is -1.90. The van der Waals surface area contributed by atoms with E-state index in [1.54, 1.807) is 6.92 Å². The lowest BCUT2D eigenvalue weighted by atomic mass is 10.9. The van der Waals surface area contributed by atoms with Crippen LogP contribution >= 0.6 is 0 Å². The number of carbonyl (C=O) groups excluding carboxylic acids is 1. The van der Waals surface area contributed by atoms with Gasteiger partial charge < -0.3 is 4.43 Å². The molecule has 0 radical (unpaired) electrons. The van der Waals surface area contributed by atoms with E-state index >= 15 is 0 Å². The molecule has 0 saturated carbocycles. The summed E-state index contributed by atoms with van der Waals surface area (Å²) >= 11 is 0. The van der Waals surface area contributed by atoms with Gasteiger partial charge in [0.05, 0.1) is 22.8 Å². The molecule has 0 rings (SSSR count). The minimum absolute atomic E-state index is 0.0380. The molecule has 0 saturated heterocycles. The second-order valence-electron chi connectivity index (χ2n) is 8.02. The molecule has 0 fully saturated rings. The molecule has 0 spiro atoms. The van der Waals surface area contributed by atoms with E-state index in [4.69, 9.17) is 4.43 Å². The lowest BCUT2D eigenvalue weighted by Gasteiger charge is -2.55. The Hall–Kier alpha value is 0.338. The van der Waals surface area contributed by atoms with Gasteiger partial charge in [-0.2, -0.15) is 0 Å². The summed E-state index contributed by atoms with van der Waals surface area (Å²) in [4.78, 5) is 11.7. The normalized spacial score (nSPS) is 14.7. The molecular weight excluding hydrogens is 276 g/mol. The van der Waals surface area contributed by atoms with Crippen molar-refractivity contribution in [1.29, 1.82) is 0 Å². The Labute approximate surface area is 111 Å². The number of hydrogen-bond donors (Lipinski definition) is 0. The Bertz CT molecular complexity index is 258. The summed E-state index contributed by atoms with van der Waals surface area (Å²) in [5.41, 5.74) is 0. The fourth-order valence-corrected chi connectivity index (χ4v) is 97.2. The van der Waals surface area contributed by atoms with Crippen LogP contribution in [0.15, 0.2) is 0 Å². The highest BCUT2D eigenvalue weighted by Crippen LogP contribution is 2.37. The zero-order chi connectivity index (χ0) is 14.3. The molecule has 0 aromatic carbocycles. The van der Waals surface area contributed by atoms with Crippen molar-refractivity contribution in [1.82, 2.24) is 0 Å². The molecule has 0 N–H and O–H groups in total. The van der Waals surface area contributed by atoms with E-state index in [-0.39, 0.29) is 5.97 Å². The van der Waals surface area contributed by atoms with Crippen LogP contribution in [0.25, 0.3) is 0 Å². The van der Waals surface area contributed by atoms with Crippen molar-refractivity contribution < 1.29 is 9.22 Å². The first-order chi connectivity index (χ1) is 7.17. The fraction of sp³-hybridized carbons (Fsp3) is 0.909. The average molecular weight is 307 g/mol. The third kappa shape index (κ3) is 3.21. The minimum Gasteiger partial charge on any atom is -0.528 e. The van der Waals surface area contributed by atoms with E-state index in [1.807, 2.05) is 0 Å². The second kappa shape index (κ2) is 4.79. The van der Waals surface area contributed by atoms with Gasteiger partial charge in [0.15, 0.2) is 0 Å². The standard InChI is InChI=1S/C11H30O2Si4/c1-11(12)13-17(14(2,3)4,15(5,6)7)16(8,9)10/h1-10H3. The predicted octanol–water partition coefficient (Wildman–Crippen LogP) is 3.74. The smallest absolute Gasteiger partial charge is 0.288 e. The van der Waals surface area contributed by atoms with Crippen LogP contribution in [0.1, 0.15) is 6.92 Å². The van der Waals surface area contributed by atoms with Crippen LogP contribution in [0.5, 0.6) is 0 Å². The number of hydrogen-bond acceptors (Lipinski definition) is 2. The molecule has 0 aliphatic rings. The highest BCUT2D eigenvalue weighted by Gasteiger charge is 2.65. The summed E-state index contributed by atoms with van der Waals surface area (Å²) in [6.07, 6.45) is 0. The zero-order valence-corrected chi connectivity index (χ0v) is 17.3. The maximum atomic E-state index is 11.7. The van der Waals surface area contributed by atoms with Gasteiger partial charge >= 0.3 is 0 Å². The van der Waals surface area contributed by atoms with Crippen LogP contribution in [-0.4, -0.2) is 35.6 Å². The predicted molar refractivity (Wildman–Crippen MR) is 87.6 cm³/mol. The highest BCUT2D eigenvalue weighted by atomic mass is 29.9. The van der Waals surface area contributed by atoms with E-state index in [1.165, 1.54) is 0 Å². The summed E-state index contributed by atoms with van der Waals surface area (Å²) in [6, 6.07) is 0. The third-order valence-electron chi connectivity index (χ3n) is 3.47. The van der Waals surface area contributed by atoms with Crippen LogP contribution in [0.4, 0.5) is 0 Å². The summed E-state index contributed by atoms with van der Waals surface area (Å²) < 4.78 is 6.22. The average Bonchev–Trinajstić information content (AvgIpc) is 1.91. The lowest BCUT2D eigenvalue weighted by molar-refractivity contribution is -0.132. The fourth-order valence-electron chi connectivity index (χ4n) is 4.05. The molecule has 0 aliphatic carbocycles.